The van der Waals surface area contributed by atoms with E-state index in [1.807, 2.05) is 31.2 Å². The average Bonchev–Trinajstić information content (AvgIpc) is 2.71. The highest BCUT2D eigenvalue weighted by Crippen LogP contribution is 2.28. The summed E-state index contributed by atoms with van der Waals surface area (Å²) in [6, 6.07) is 9.49. The molecule has 0 N–H and O–H groups in total. The largest absolute Gasteiger partial charge is 0.492 e. The molecule has 0 atom stereocenters. The summed E-state index contributed by atoms with van der Waals surface area (Å²) in [4.78, 5) is 17.9. The normalized spacial score (nSPS) is 11.4. The van der Waals surface area contributed by atoms with Gasteiger partial charge in [0.1, 0.15) is 17.4 Å². The maximum absolute atomic E-state index is 12.7. The molecule has 30 heavy (non-hydrogen) atoms. The summed E-state index contributed by atoms with van der Waals surface area (Å²) in [6.45, 7) is 2.76. The van der Waals surface area contributed by atoms with Crippen LogP contribution in [-0.4, -0.2) is 35.0 Å². The van der Waals surface area contributed by atoms with Crippen LogP contribution in [0.1, 0.15) is 11.1 Å². The molecular weight excluding hydrogens is 421 g/mol. The first-order chi connectivity index (χ1) is 14.2. The lowest BCUT2D eigenvalue weighted by atomic mass is 10.2. The van der Waals surface area contributed by atoms with E-state index in [1.165, 1.54) is 6.20 Å². The molecule has 158 valence electrons. The lowest BCUT2D eigenvalue weighted by Gasteiger charge is -2.20. The molecule has 0 unspecified atom stereocenters. The zero-order chi connectivity index (χ0) is 21.9. The van der Waals surface area contributed by atoms with Gasteiger partial charge in [-0.3, -0.25) is 4.79 Å². The van der Waals surface area contributed by atoms with Gasteiger partial charge in [0, 0.05) is 13.2 Å². The Morgan fingerprint density at radius 2 is 1.83 bits per heavy atom. The third kappa shape index (κ3) is 4.91. The highest BCUT2D eigenvalue weighted by atomic mass is 35.5. The van der Waals surface area contributed by atoms with E-state index in [1.54, 1.807) is 11.9 Å². The molecule has 0 fully saturated rings. The van der Waals surface area contributed by atoms with Gasteiger partial charge in [-0.25, -0.2) is 4.98 Å². The fourth-order valence-electron chi connectivity index (χ4n) is 2.59. The van der Waals surface area contributed by atoms with Gasteiger partial charge < -0.3 is 9.64 Å². The van der Waals surface area contributed by atoms with Crippen molar-refractivity contribution in [1.82, 2.24) is 14.8 Å². The van der Waals surface area contributed by atoms with E-state index < -0.39 is 17.3 Å². The zero-order valence-electron chi connectivity index (χ0n) is 16.2. The van der Waals surface area contributed by atoms with Crippen molar-refractivity contribution in [1.29, 1.82) is 0 Å². The predicted molar refractivity (Wildman–Crippen MR) is 108 cm³/mol. The third-order valence-corrected chi connectivity index (χ3v) is 4.68. The van der Waals surface area contributed by atoms with E-state index in [9.17, 15) is 18.0 Å². The van der Waals surface area contributed by atoms with Crippen molar-refractivity contribution in [2.24, 2.45) is 0 Å². The Morgan fingerprint density at radius 1 is 1.13 bits per heavy atom. The molecule has 0 aliphatic heterocycles. The van der Waals surface area contributed by atoms with Gasteiger partial charge in [0.05, 0.1) is 24.0 Å². The molecule has 10 heteroatoms. The number of hydrogen-bond donors (Lipinski definition) is 0. The Morgan fingerprint density at radius 3 is 2.43 bits per heavy atom. The number of likely N-dealkylation sites (N-methyl/N-ethyl adjacent to an activating group) is 1. The number of aromatic nitrogens is 3. The topological polar surface area (TPSA) is 60.2 Å². The molecule has 0 aliphatic carbocycles. The summed E-state index contributed by atoms with van der Waals surface area (Å²) in [5.41, 5.74) is -0.110. The molecular formula is C20H18ClF3N4O2. The highest BCUT2D eigenvalue weighted by molar-refractivity contribution is 6.33. The minimum absolute atomic E-state index is 0.0631. The van der Waals surface area contributed by atoms with Gasteiger partial charge in [0.25, 0.3) is 5.56 Å². The number of hydrogen-bond acceptors (Lipinski definition) is 5. The van der Waals surface area contributed by atoms with E-state index in [4.69, 9.17) is 16.3 Å². The summed E-state index contributed by atoms with van der Waals surface area (Å²) < 4.78 is 44.5. The van der Waals surface area contributed by atoms with Gasteiger partial charge in [0.2, 0.25) is 0 Å². The highest BCUT2D eigenvalue weighted by Gasteiger charge is 2.30. The number of alkyl halides is 3. The SMILES string of the molecule is Cc1ccc(OCCN(C)c2cnn(-c3ccc(C(F)(F)F)cn3)c(=O)c2Cl)cc1. The Labute approximate surface area is 175 Å². The molecule has 1 aromatic carbocycles. The molecule has 0 aliphatic rings. The van der Waals surface area contributed by atoms with Crippen LogP contribution in [0.15, 0.2) is 53.6 Å². The van der Waals surface area contributed by atoms with Crippen molar-refractivity contribution >= 4 is 17.3 Å². The standard InChI is InChI=1S/C20H18ClF3N4O2/c1-13-3-6-15(7-4-13)30-10-9-27(2)16-12-26-28(19(29)18(16)21)17-8-5-14(11-25-17)20(22,23)24/h3-8,11-12H,9-10H2,1-2H3. The number of aryl methyl sites for hydroxylation is 1. The number of anilines is 1. The zero-order valence-corrected chi connectivity index (χ0v) is 16.9. The summed E-state index contributed by atoms with van der Waals surface area (Å²) in [5.74, 6) is 0.661. The van der Waals surface area contributed by atoms with Crippen molar-refractivity contribution in [3.63, 3.8) is 0 Å². The molecule has 0 saturated heterocycles. The Balaban J connectivity index is 1.72. The Kier molecular flexibility index (Phi) is 6.31. The number of halogens is 4. The van der Waals surface area contributed by atoms with Crippen LogP contribution in [0.25, 0.3) is 5.82 Å². The number of nitrogens with zero attached hydrogens (tertiary/aromatic N) is 4. The van der Waals surface area contributed by atoms with Crippen LogP contribution in [0.2, 0.25) is 5.02 Å². The van der Waals surface area contributed by atoms with Crippen LogP contribution in [-0.2, 0) is 6.18 Å². The summed E-state index contributed by atoms with van der Waals surface area (Å²) in [5, 5.41) is 3.87. The van der Waals surface area contributed by atoms with Gasteiger partial charge in [-0.2, -0.15) is 23.0 Å². The molecule has 0 spiro atoms. The maximum Gasteiger partial charge on any atom is 0.417 e. The second-order valence-electron chi connectivity index (χ2n) is 6.55. The first-order valence-electron chi connectivity index (χ1n) is 8.89. The van der Waals surface area contributed by atoms with Crippen molar-refractivity contribution in [2.45, 2.75) is 13.1 Å². The quantitative estimate of drug-likeness (QED) is 0.579. The van der Waals surface area contributed by atoms with E-state index in [0.717, 1.165) is 28.1 Å². The third-order valence-electron chi connectivity index (χ3n) is 4.32. The van der Waals surface area contributed by atoms with Gasteiger partial charge in [-0.1, -0.05) is 29.3 Å². The molecule has 0 saturated carbocycles. The van der Waals surface area contributed by atoms with Crippen molar-refractivity contribution in [3.05, 3.63) is 75.3 Å². The van der Waals surface area contributed by atoms with Crippen molar-refractivity contribution in [2.75, 3.05) is 25.1 Å². The lowest BCUT2D eigenvalue weighted by Crippen LogP contribution is -2.29. The molecule has 3 aromatic rings. The van der Waals surface area contributed by atoms with E-state index >= 15 is 0 Å². The molecule has 6 nitrogen and oxygen atoms in total. The first-order valence-corrected chi connectivity index (χ1v) is 9.26. The number of rotatable bonds is 6. The molecule has 0 radical (unpaired) electrons. The fourth-order valence-corrected chi connectivity index (χ4v) is 2.86. The first kappa shape index (κ1) is 21.6. The fraction of sp³-hybridized carbons (Fsp3) is 0.250. The Hall–Kier alpha value is -3.07. The number of ether oxygens (including phenoxy) is 1. The second kappa shape index (κ2) is 8.74. The number of pyridine rings is 1. The summed E-state index contributed by atoms with van der Waals surface area (Å²) >= 11 is 6.20. The second-order valence-corrected chi connectivity index (χ2v) is 6.92. The van der Waals surface area contributed by atoms with Gasteiger partial charge in [-0.15, -0.1) is 0 Å². The van der Waals surface area contributed by atoms with Crippen LogP contribution in [0.5, 0.6) is 5.75 Å². The van der Waals surface area contributed by atoms with E-state index in [2.05, 4.69) is 10.1 Å². The number of benzene rings is 1. The monoisotopic (exact) mass is 438 g/mol. The van der Waals surface area contributed by atoms with Crippen LogP contribution >= 0.6 is 11.6 Å². The van der Waals surface area contributed by atoms with Crippen LogP contribution in [0.4, 0.5) is 18.9 Å². The maximum atomic E-state index is 12.7. The summed E-state index contributed by atoms with van der Waals surface area (Å²) in [6.07, 6.45) is -2.52. The Bertz CT molecular complexity index is 1070. The van der Waals surface area contributed by atoms with Crippen LogP contribution < -0.4 is 15.2 Å². The van der Waals surface area contributed by atoms with E-state index in [0.29, 0.717) is 25.0 Å². The van der Waals surface area contributed by atoms with Crippen molar-refractivity contribution < 1.29 is 17.9 Å². The van der Waals surface area contributed by atoms with E-state index in [-0.39, 0.29) is 10.8 Å². The van der Waals surface area contributed by atoms with Crippen molar-refractivity contribution in [3.8, 4) is 11.6 Å². The molecule has 2 aromatic heterocycles. The molecule has 0 amide bonds. The van der Waals surface area contributed by atoms with Crippen LogP contribution in [0, 0.1) is 6.92 Å². The lowest BCUT2D eigenvalue weighted by molar-refractivity contribution is -0.137. The smallest absolute Gasteiger partial charge is 0.417 e. The minimum Gasteiger partial charge on any atom is -0.492 e. The molecule has 2 heterocycles. The van der Waals surface area contributed by atoms with Crippen LogP contribution in [0.3, 0.4) is 0 Å². The van der Waals surface area contributed by atoms with Gasteiger partial charge in [0.15, 0.2) is 5.82 Å². The molecule has 3 rings (SSSR count). The molecule has 0 bridgehead atoms. The minimum atomic E-state index is -4.52. The summed E-state index contributed by atoms with van der Waals surface area (Å²) in [7, 11) is 1.72. The average molecular weight is 439 g/mol. The van der Waals surface area contributed by atoms with Gasteiger partial charge >= 0.3 is 6.18 Å². The predicted octanol–water partition coefficient (Wildman–Crippen LogP) is 4.12. The van der Waals surface area contributed by atoms with Gasteiger partial charge in [-0.05, 0) is 31.2 Å².